The number of hydrogen-bond donors (Lipinski definition) is 1. The van der Waals surface area contributed by atoms with Crippen molar-refractivity contribution in [1.82, 2.24) is 9.55 Å². The molecule has 1 N–H and O–H groups in total. The van der Waals surface area contributed by atoms with Crippen molar-refractivity contribution in [3.8, 4) is 11.4 Å². The summed E-state index contributed by atoms with van der Waals surface area (Å²) in [7, 11) is 1.61. The summed E-state index contributed by atoms with van der Waals surface area (Å²) < 4.78 is 6.93. The van der Waals surface area contributed by atoms with Gasteiger partial charge in [0.15, 0.2) is 5.16 Å². The second kappa shape index (κ2) is 9.87. The number of thiophene rings is 1. The molecule has 35 heavy (non-hydrogen) atoms. The Hall–Kier alpha value is -3.10. The first-order valence-electron chi connectivity index (χ1n) is 11.7. The molecule has 180 valence electrons. The molecule has 8 heteroatoms. The fourth-order valence-electron chi connectivity index (χ4n) is 4.51. The molecule has 0 fully saturated rings. The van der Waals surface area contributed by atoms with Crippen LogP contribution in [0.25, 0.3) is 15.9 Å². The van der Waals surface area contributed by atoms with Crippen LogP contribution in [-0.2, 0) is 17.6 Å². The number of anilines is 1. The molecule has 4 aromatic rings. The highest BCUT2D eigenvalue weighted by Crippen LogP contribution is 2.35. The lowest BCUT2D eigenvalue weighted by Gasteiger charge is -2.14. The minimum atomic E-state index is -0.136. The van der Waals surface area contributed by atoms with E-state index < -0.39 is 0 Å². The van der Waals surface area contributed by atoms with E-state index in [9.17, 15) is 9.59 Å². The zero-order valence-electron chi connectivity index (χ0n) is 20.0. The third-order valence-electron chi connectivity index (χ3n) is 6.28. The molecule has 0 radical (unpaired) electrons. The number of carbonyl (C=O) groups excluding carboxylic acids is 1. The third kappa shape index (κ3) is 4.73. The topological polar surface area (TPSA) is 73.2 Å². The number of methoxy groups -OCH3 is 1. The predicted molar refractivity (Wildman–Crippen MR) is 144 cm³/mol. The van der Waals surface area contributed by atoms with Crippen LogP contribution in [0, 0.1) is 13.8 Å². The maximum Gasteiger partial charge on any atom is 0.267 e. The van der Waals surface area contributed by atoms with Crippen molar-refractivity contribution in [2.24, 2.45) is 0 Å². The van der Waals surface area contributed by atoms with Crippen LogP contribution in [0.15, 0.2) is 52.4 Å². The van der Waals surface area contributed by atoms with Gasteiger partial charge in [0.05, 0.1) is 23.9 Å². The van der Waals surface area contributed by atoms with Gasteiger partial charge in [0.2, 0.25) is 5.91 Å². The monoisotopic (exact) mass is 505 g/mol. The number of rotatable bonds is 6. The molecule has 0 spiro atoms. The largest absolute Gasteiger partial charge is 0.497 e. The maximum absolute atomic E-state index is 13.8. The molecule has 2 aromatic heterocycles. The van der Waals surface area contributed by atoms with Gasteiger partial charge in [-0.05, 0) is 81.0 Å². The molecule has 1 aliphatic carbocycles. The average molecular weight is 506 g/mol. The van der Waals surface area contributed by atoms with Crippen LogP contribution in [0.2, 0.25) is 0 Å². The Morgan fingerprint density at radius 3 is 2.66 bits per heavy atom. The highest BCUT2D eigenvalue weighted by Gasteiger charge is 2.23. The lowest BCUT2D eigenvalue weighted by molar-refractivity contribution is -0.113. The Bertz CT molecular complexity index is 1470. The zero-order chi connectivity index (χ0) is 24.5. The summed E-state index contributed by atoms with van der Waals surface area (Å²) >= 11 is 2.90. The molecule has 0 bridgehead atoms. The Morgan fingerprint density at radius 1 is 1.14 bits per heavy atom. The minimum absolute atomic E-state index is 0.0724. The van der Waals surface area contributed by atoms with Gasteiger partial charge >= 0.3 is 0 Å². The van der Waals surface area contributed by atoms with E-state index in [-0.39, 0.29) is 17.2 Å². The van der Waals surface area contributed by atoms with Gasteiger partial charge < -0.3 is 10.1 Å². The molecule has 5 rings (SSSR count). The summed E-state index contributed by atoms with van der Waals surface area (Å²) in [4.78, 5) is 33.6. The van der Waals surface area contributed by atoms with Crippen LogP contribution in [0.3, 0.4) is 0 Å². The van der Waals surface area contributed by atoms with Crippen molar-refractivity contribution >= 4 is 44.9 Å². The number of nitrogens with zero attached hydrogens (tertiary/aromatic N) is 2. The SMILES string of the molecule is COc1ccc(-n2c(SCC(=O)Nc3ccc(C)cc3C)nc3sc4c(c3c2=O)CCCC4)cc1. The summed E-state index contributed by atoms with van der Waals surface area (Å²) in [5.41, 5.74) is 4.75. The van der Waals surface area contributed by atoms with Crippen molar-refractivity contribution in [3.05, 3.63) is 74.4 Å². The van der Waals surface area contributed by atoms with E-state index in [4.69, 9.17) is 9.72 Å². The first-order chi connectivity index (χ1) is 16.9. The van der Waals surface area contributed by atoms with E-state index in [0.717, 1.165) is 58.3 Å². The highest BCUT2D eigenvalue weighted by molar-refractivity contribution is 7.99. The van der Waals surface area contributed by atoms with E-state index in [1.165, 1.54) is 16.6 Å². The van der Waals surface area contributed by atoms with Gasteiger partial charge in [-0.15, -0.1) is 11.3 Å². The van der Waals surface area contributed by atoms with Gasteiger partial charge in [-0.1, -0.05) is 29.5 Å². The first kappa shape index (κ1) is 23.6. The Morgan fingerprint density at radius 2 is 1.91 bits per heavy atom. The first-order valence-corrected chi connectivity index (χ1v) is 13.5. The smallest absolute Gasteiger partial charge is 0.267 e. The molecule has 1 amide bonds. The average Bonchev–Trinajstić information content (AvgIpc) is 3.23. The Labute approximate surface area is 212 Å². The standard InChI is InChI=1S/C27H27N3O3S2/c1-16-8-13-21(17(2)14-16)28-23(31)15-34-27-29-25-24(20-6-4-5-7-22(20)35-25)26(32)30(27)18-9-11-19(33-3)12-10-18/h8-14H,4-7,15H2,1-3H3,(H,28,31). The fourth-order valence-corrected chi connectivity index (χ4v) is 6.63. The molecule has 0 saturated carbocycles. The number of carbonyl (C=O) groups is 1. The molecule has 0 aliphatic heterocycles. The van der Waals surface area contributed by atoms with Crippen LogP contribution < -0.4 is 15.6 Å². The normalized spacial score (nSPS) is 13.0. The number of thioether (sulfide) groups is 1. The van der Waals surface area contributed by atoms with Crippen molar-refractivity contribution in [3.63, 3.8) is 0 Å². The van der Waals surface area contributed by atoms with Crippen molar-refractivity contribution in [2.45, 2.75) is 44.7 Å². The van der Waals surface area contributed by atoms with E-state index in [1.54, 1.807) is 23.0 Å². The number of benzene rings is 2. The molecule has 0 atom stereocenters. The number of hydrogen-bond acceptors (Lipinski definition) is 6. The quantitative estimate of drug-likeness (QED) is 0.270. The number of ether oxygens (including phenoxy) is 1. The lowest BCUT2D eigenvalue weighted by atomic mass is 9.97. The van der Waals surface area contributed by atoms with E-state index in [1.807, 2.05) is 56.3 Å². The van der Waals surface area contributed by atoms with Crippen molar-refractivity contribution in [2.75, 3.05) is 18.2 Å². The third-order valence-corrected chi connectivity index (χ3v) is 8.40. The number of fused-ring (bicyclic) bond motifs is 3. The second-order valence-corrected chi connectivity index (χ2v) is 10.8. The van der Waals surface area contributed by atoms with Gasteiger partial charge in [0.1, 0.15) is 10.6 Å². The highest BCUT2D eigenvalue weighted by atomic mass is 32.2. The minimum Gasteiger partial charge on any atom is -0.497 e. The van der Waals surface area contributed by atoms with Crippen molar-refractivity contribution in [1.29, 1.82) is 0 Å². The summed E-state index contributed by atoms with van der Waals surface area (Å²) in [5, 5.41) is 4.23. The summed E-state index contributed by atoms with van der Waals surface area (Å²) in [6, 6.07) is 13.3. The van der Waals surface area contributed by atoms with Gasteiger partial charge in [0, 0.05) is 10.6 Å². The summed E-state index contributed by atoms with van der Waals surface area (Å²) in [6.45, 7) is 4.00. The molecule has 1 aliphatic rings. The molecule has 6 nitrogen and oxygen atoms in total. The van der Waals surface area contributed by atoms with Crippen LogP contribution >= 0.6 is 23.1 Å². The van der Waals surface area contributed by atoms with Gasteiger partial charge in [-0.2, -0.15) is 0 Å². The number of aryl methyl sites for hydroxylation is 4. The lowest BCUT2D eigenvalue weighted by Crippen LogP contribution is -2.23. The van der Waals surface area contributed by atoms with Gasteiger partial charge in [-0.3, -0.25) is 14.2 Å². The summed E-state index contributed by atoms with van der Waals surface area (Å²) in [6.07, 6.45) is 4.15. The van der Waals surface area contributed by atoms with Crippen LogP contribution in [0.4, 0.5) is 5.69 Å². The van der Waals surface area contributed by atoms with E-state index in [0.29, 0.717) is 16.6 Å². The zero-order valence-corrected chi connectivity index (χ0v) is 21.6. The predicted octanol–water partition coefficient (Wildman–Crippen LogP) is 5.68. The number of aromatic nitrogens is 2. The maximum atomic E-state index is 13.8. The number of amides is 1. The molecular formula is C27H27N3O3S2. The molecule has 0 unspecified atom stereocenters. The molecule has 2 heterocycles. The number of nitrogens with one attached hydrogen (secondary N) is 1. The van der Waals surface area contributed by atoms with Crippen LogP contribution in [-0.4, -0.2) is 28.3 Å². The van der Waals surface area contributed by atoms with Crippen LogP contribution in [0.5, 0.6) is 5.75 Å². The molecule has 0 saturated heterocycles. The second-order valence-electron chi connectivity index (χ2n) is 8.78. The Balaban J connectivity index is 1.51. The van der Waals surface area contributed by atoms with Gasteiger partial charge in [-0.25, -0.2) is 4.98 Å². The van der Waals surface area contributed by atoms with Crippen molar-refractivity contribution < 1.29 is 9.53 Å². The fraction of sp³-hybridized carbons (Fsp3) is 0.296. The van der Waals surface area contributed by atoms with Gasteiger partial charge in [0.25, 0.3) is 5.56 Å². The molecular weight excluding hydrogens is 478 g/mol. The van der Waals surface area contributed by atoms with Crippen LogP contribution in [0.1, 0.15) is 34.4 Å². The summed E-state index contributed by atoms with van der Waals surface area (Å²) in [5.74, 6) is 0.723. The Kier molecular flexibility index (Phi) is 6.67. The van der Waals surface area contributed by atoms with E-state index >= 15 is 0 Å². The molecule has 2 aromatic carbocycles. The van der Waals surface area contributed by atoms with E-state index in [2.05, 4.69) is 5.32 Å².